The van der Waals surface area contributed by atoms with E-state index in [2.05, 4.69) is 4.98 Å². The van der Waals surface area contributed by atoms with Crippen molar-refractivity contribution in [3.8, 4) is 0 Å². The molecule has 1 aromatic carbocycles. The van der Waals surface area contributed by atoms with Gasteiger partial charge in [0, 0.05) is 29.9 Å². The maximum Gasteiger partial charge on any atom is 0.254 e. The van der Waals surface area contributed by atoms with E-state index in [-0.39, 0.29) is 11.9 Å². The van der Waals surface area contributed by atoms with Crippen LogP contribution in [0.1, 0.15) is 40.5 Å². The Morgan fingerprint density at radius 3 is 2.95 bits per heavy atom. The molecular weight excluding hydrogens is 298 g/mol. The molecule has 2 N–H and O–H groups in total. The molecule has 2 aromatic rings. The van der Waals surface area contributed by atoms with E-state index >= 15 is 0 Å². The number of carbonyl (C=O) groups excluding carboxylic acids is 1. The Bertz CT molecular complexity index is 689. The highest BCUT2D eigenvalue weighted by Gasteiger charge is 2.31. The van der Waals surface area contributed by atoms with E-state index in [1.54, 1.807) is 18.3 Å². The predicted octanol–water partition coefficient (Wildman–Crippen LogP) is 3.17. The van der Waals surface area contributed by atoms with Crippen LogP contribution in [0.2, 0.25) is 5.02 Å². The molecule has 22 heavy (non-hydrogen) atoms. The molecule has 114 valence electrons. The lowest BCUT2D eigenvalue weighted by atomic mass is 10.0. The highest BCUT2D eigenvalue weighted by molar-refractivity contribution is 6.31. The first-order valence-corrected chi connectivity index (χ1v) is 7.79. The van der Waals surface area contributed by atoms with Crippen LogP contribution >= 0.6 is 11.6 Å². The van der Waals surface area contributed by atoms with Crippen LogP contribution in [0.4, 0.5) is 0 Å². The molecule has 1 aliphatic heterocycles. The zero-order valence-electron chi connectivity index (χ0n) is 12.2. The van der Waals surface area contributed by atoms with E-state index < -0.39 is 0 Å². The maximum atomic E-state index is 12.8. The van der Waals surface area contributed by atoms with Crippen LogP contribution < -0.4 is 5.73 Å². The largest absolute Gasteiger partial charge is 0.332 e. The molecule has 1 saturated heterocycles. The number of rotatable bonds is 3. The van der Waals surface area contributed by atoms with Crippen molar-refractivity contribution in [1.29, 1.82) is 0 Å². The van der Waals surface area contributed by atoms with Crippen molar-refractivity contribution in [3.05, 3.63) is 64.4 Å². The Kier molecular flexibility index (Phi) is 4.41. The Balaban J connectivity index is 1.89. The van der Waals surface area contributed by atoms with Gasteiger partial charge in [-0.05, 0) is 36.6 Å². The molecular formula is C17H18ClN3O. The van der Waals surface area contributed by atoms with Gasteiger partial charge in [-0.25, -0.2) is 0 Å². The minimum absolute atomic E-state index is 0.0134. The first-order valence-electron chi connectivity index (χ1n) is 7.41. The summed E-state index contributed by atoms with van der Waals surface area (Å²) in [6, 6.07) is 11.3. The lowest BCUT2D eigenvalue weighted by Crippen LogP contribution is -2.30. The van der Waals surface area contributed by atoms with Crippen molar-refractivity contribution in [3.63, 3.8) is 0 Å². The highest BCUT2D eigenvalue weighted by atomic mass is 35.5. The van der Waals surface area contributed by atoms with Crippen molar-refractivity contribution in [2.45, 2.75) is 25.4 Å². The van der Waals surface area contributed by atoms with Gasteiger partial charge in [-0.1, -0.05) is 29.8 Å². The summed E-state index contributed by atoms with van der Waals surface area (Å²) < 4.78 is 0. The fourth-order valence-corrected chi connectivity index (χ4v) is 3.23. The highest BCUT2D eigenvalue weighted by Crippen LogP contribution is 2.36. The molecule has 1 amide bonds. The van der Waals surface area contributed by atoms with E-state index in [1.165, 1.54) is 0 Å². The van der Waals surface area contributed by atoms with Gasteiger partial charge in [0.1, 0.15) is 0 Å². The van der Waals surface area contributed by atoms with E-state index in [4.69, 9.17) is 17.3 Å². The third-order valence-corrected chi connectivity index (χ3v) is 4.39. The number of likely N-dealkylation sites (tertiary alicyclic amines) is 1. The number of aromatic nitrogens is 1. The van der Waals surface area contributed by atoms with Crippen LogP contribution in [0.25, 0.3) is 0 Å². The SMILES string of the molecule is NCc1cc(C(=O)N2CCCC2c2ccccc2Cl)ccn1. The fourth-order valence-electron chi connectivity index (χ4n) is 2.97. The third kappa shape index (κ3) is 2.85. The van der Waals surface area contributed by atoms with E-state index in [9.17, 15) is 4.79 Å². The lowest BCUT2D eigenvalue weighted by Gasteiger charge is -2.26. The van der Waals surface area contributed by atoms with Crippen LogP contribution in [0, 0.1) is 0 Å². The van der Waals surface area contributed by atoms with Crippen molar-refractivity contribution in [1.82, 2.24) is 9.88 Å². The van der Waals surface area contributed by atoms with Gasteiger partial charge >= 0.3 is 0 Å². The number of pyridine rings is 1. The summed E-state index contributed by atoms with van der Waals surface area (Å²) in [7, 11) is 0. The average Bonchev–Trinajstić information content (AvgIpc) is 3.04. The molecule has 0 radical (unpaired) electrons. The first-order chi connectivity index (χ1) is 10.7. The van der Waals surface area contributed by atoms with Gasteiger partial charge in [0.05, 0.1) is 11.7 Å². The first kappa shape index (κ1) is 15.0. The second-order valence-electron chi connectivity index (χ2n) is 5.42. The van der Waals surface area contributed by atoms with Gasteiger partial charge in [-0.2, -0.15) is 0 Å². The second-order valence-corrected chi connectivity index (χ2v) is 5.83. The topological polar surface area (TPSA) is 59.2 Å². The molecule has 1 atom stereocenters. The van der Waals surface area contributed by atoms with Crippen LogP contribution in [0.15, 0.2) is 42.6 Å². The van der Waals surface area contributed by atoms with Crippen LogP contribution in [0.5, 0.6) is 0 Å². The van der Waals surface area contributed by atoms with Crippen molar-refractivity contribution >= 4 is 17.5 Å². The molecule has 1 unspecified atom stereocenters. The Morgan fingerprint density at radius 2 is 2.18 bits per heavy atom. The van der Waals surface area contributed by atoms with Gasteiger partial charge in [-0.15, -0.1) is 0 Å². The number of carbonyl (C=O) groups is 1. The van der Waals surface area contributed by atoms with Crippen LogP contribution in [-0.2, 0) is 6.54 Å². The second kappa shape index (κ2) is 6.46. The summed E-state index contributed by atoms with van der Waals surface area (Å²) in [5.41, 5.74) is 7.98. The maximum absolute atomic E-state index is 12.8. The van der Waals surface area contributed by atoms with Crippen LogP contribution in [0.3, 0.4) is 0 Å². The van der Waals surface area contributed by atoms with Crippen molar-refractivity contribution in [2.75, 3.05) is 6.54 Å². The van der Waals surface area contributed by atoms with Crippen LogP contribution in [-0.4, -0.2) is 22.3 Å². The standard InChI is InChI=1S/C17H18ClN3O/c18-15-5-2-1-4-14(15)16-6-3-9-21(16)17(22)12-7-8-20-13(10-12)11-19/h1-2,4-5,7-8,10,16H,3,6,9,11,19H2. The number of benzene rings is 1. The number of hydrogen-bond donors (Lipinski definition) is 1. The molecule has 1 fully saturated rings. The molecule has 3 rings (SSSR count). The third-order valence-electron chi connectivity index (χ3n) is 4.05. The molecule has 4 nitrogen and oxygen atoms in total. The monoisotopic (exact) mass is 315 g/mol. The van der Waals surface area contributed by atoms with Crippen molar-refractivity contribution < 1.29 is 4.79 Å². The van der Waals surface area contributed by atoms with Crippen molar-refractivity contribution in [2.24, 2.45) is 5.73 Å². The summed E-state index contributed by atoms with van der Waals surface area (Å²) in [6.45, 7) is 1.07. The Morgan fingerprint density at radius 1 is 1.36 bits per heavy atom. The number of amides is 1. The summed E-state index contributed by atoms with van der Waals surface area (Å²) in [4.78, 5) is 18.9. The van der Waals surface area contributed by atoms with Gasteiger partial charge < -0.3 is 10.6 Å². The Labute approximate surface area is 134 Å². The summed E-state index contributed by atoms with van der Waals surface area (Å²) >= 11 is 6.30. The van der Waals surface area contributed by atoms with Gasteiger partial charge in [0.2, 0.25) is 0 Å². The molecule has 0 saturated carbocycles. The zero-order chi connectivity index (χ0) is 15.5. The summed E-state index contributed by atoms with van der Waals surface area (Å²) in [5, 5.41) is 0.713. The number of nitrogens with two attached hydrogens (primary N) is 1. The van der Waals surface area contributed by atoms with Gasteiger partial charge in [0.15, 0.2) is 0 Å². The number of halogens is 1. The molecule has 1 aliphatic rings. The minimum atomic E-state index is 0.0134. The zero-order valence-corrected chi connectivity index (χ0v) is 13.0. The van der Waals surface area contributed by atoms with E-state index in [1.807, 2.05) is 29.2 Å². The molecule has 0 aliphatic carbocycles. The molecule has 0 spiro atoms. The number of nitrogens with zero attached hydrogens (tertiary/aromatic N) is 2. The fraction of sp³-hybridized carbons (Fsp3) is 0.294. The molecule has 0 bridgehead atoms. The minimum Gasteiger partial charge on any atom is -0.332 e. The van der Waals surface area contributed by atoms with Gasteiger partial charge in [0.25, 0.3) is 5.91 Å². The normalized spacial score (nSPS) is 17.7. The molecule has 2 heterocycles. The lowest BCUT2D eigenvalue weighted by molar-refractivity contribution is 0.0735. The number of hydrogen-bond acceptors (Lipinski definition) is 3. The summed E-state index contributed by atoms with van der Waals surface area (Å²) in [6.07, 6.45) is 3.55. The molecule has 5 heteroatoms. The average molecular weight is 316 g/mol. The smallest absolute Gasteiger partial charge is 0.254 e. The van der Waals surface area contributed by atoms with E-state index in [0.29, 0.717) is 17.1 Å². The van der Waals surface area contributed by atoms with E-state index in [0.717, 1.165) is 30.6 Å². The van der Waals surface area contributed by atoms with Gasteiger partial charge in [-0.3, -0.25) is 9.78 Å². The Hall–Kier alpha value is -1.91. The quantitative estimate of drug-likeness (QED) is 0.946. The molecule has 1 aromatic heterocycles. The summed E-state index contributed by atoms with van der Waals surface area (Å²) in [5.74, 6) is 0.0134. The predicted molar refractivity (Wildman–Crippen MR) is 86.6 cm³/mol.